The van der Waals surface area contributed by atoms with Crippen LogP contribution in [0.3, 0.4) is 0 Å². The Morgan fingerprint density at radius 2 is 1.78 bits per heavy atom. The largest absolute Gasteiger partial charge is 0.467 e. The van der Waals surface area contributed by atoms with E-state index in [-0.39, 0.29) is 35.5 Å². The van der Waals surface area contributed by atoms with Crippen LogP contribution >= 0.6 is 0 Å². The van der Waals surface area contributed by atoms with Crippen molar-refractivity contribution in [2.24, 2.45) is 5.92 Å². The molecule has 37 heavy (non-hydrogen) atoms. The van der Waals surface area contributed by atoms with Crippen molar-refractivity contribution in [3.63, 3.8) is 0 Å². The highest BCUT2D eigenvalue weighted by Gasteiger charge is 2.27. The third kappa shape index (κ3) is 6.17. The van der Waals surface area contributed by atoms with Crippen LogP contribution in [0.25, 0.3) is 0 Å². The van der Waals surface area contributed by atoms with Crippen LogP contribution in [0.4, 0.5) is 4.39 Å². The van der Waals surface area contributed by atoms with Crippen LogP contribution in [0.2, 0.25) is 0 Å². The highest BCUT2D eigenvalue weighted by Crippen LogP contribution is 2.23. The normalized spacial score (nSPS) is 11.7. The number of amides is 1. The minimum absolute atomic E-state index is 0.0213. The van der Waals surface area contributed by atoms with E-state index in [9.17, 15) is 17.6 Å². The fourth-order valence-electron chi connectivity index (χ4n) is 4.16. The van der Waals surface area contributed by atoms with Gasteiger partial charge in [0.2, 0.25) is 15.0 Å². The van der Waals surface area contributed by atoms with Gasteiger partial charge in [-0.1, -0.05) is 50.2 Å². The van der Waals surface area contributed by atoms with Crippen molar-refractivity contribution in [3.8, 4) is 0 Å². The summed E-state index contributed by atoms with van der Waals surface area (Å²) in [6.07, 6.45) is 2.98. The molecule has 4 rings (SSSR count). The number of furan rings is 1. The Hall–Kier alpha value is -3.72. The first-order valence-corrected chi connectivity index (χ1v) is 13.7. The molecule has 0 fully saturated rings. The number of aryl methyl sites for hydroxylation is 1. The first kappa shape index (κ1) is 26.3. The van der Waals surface area contributed by atoms with Crippen molar-refractivity contribution in [1.82, 2.24) is 14.5 Å². The summed E-state index contributed by atoms with van der Waals surface area (Å²) in [5.41, 5.74) is 2.05. The second-order valence-electron chi connectivity index (χ2n) is 9.44. The van der Waals surface area contributed by atoms with E-state index in [1.54, 1.807) is 28.8 Å². The Kier molecular flexibility index (Phi) is 7.92. The van der Waals surface area contributed by atoms with Crippen LogP contribution < -0.4 is 0 Å². The van der Waals surface area contributed by atoms with Gasteiger partial charge in [-0.15, -0.1) is 0 Å². The molecular weight excluding hydrogens is 493 g/mol. The molecule has 0 atom stereocenters. The van der Waals surface area contributed by atoms with E-state index < -0.39 is 21.6 Å². The first-order valence-electron chi connectivity index (χ1n) is 12.0. The third-order valence-electron chi connectivity index (χ3n) is 6.01. The van der Waals surface area contributed by atoms with Crippen LogP contribution in [0.5, 0.6) is 0 Å². The quantitative estimate of drug-likeness (QED) is 0.278. The van der Waals surface area contributed by atoms with E-state index in [2.05, 4.69) is 4.98 Å². The van der Waals surface area contributed by atoms with Gasteiger partial charge in [0.05, 0.1) is 42.6 Å². The summed E-state index contributed by atoms with van der Waals surface area (Å²) < 4.78 is 48.6. The predicted molar refractivity (Wildman–Crippen MR) is 138 cm³/mol. The Bertz CT molecular complexity index is 1480. The third-order valence-corrected chi connectivity index (χ3v) is 7.58. The van der Waals surface area contributed by atoms with E-state index in [1.165, 1.54) is 35.6 Å². The fourth-order valence-corrected chi connectivity index (χ4v) is 5.76. The Labute approximate surface area is 216 Å². The summed E-state index contributed by atoms with van der Waals surface area (Å²) in [6, 6.07) is 16.6. The molecule has 2 heterocycles. The number of imidazole rings is 1. The number of nitrogens with zero attached hydrogens (tertiary/aromatic N) is 3. The molecule has 0 aliphatic heterocycles. The lowest BCUT2D eigenvalue weighted by atomic mass is 10.1. The Morgan fingerprint density at radius 1 is 1.05 bits per heavy atom. The summed E-state index contributed by atoms with van der Waals surface area (Å²) in [7, 11) is -3.79. The van der Waals surface area contributed by atoms with Gasteiger partial charge in [-0.3, -0.25) is 4.79 Å². The average molecular weight is 524 g/mol. The van der Waals surface area contributed by atoms with E-state index in [1.807, 2.05) is 39.0 Å². The topological polar surface area (TPSA) is 85.4 Å². The molecule has 1 amide bonds. The lowest BCUT2D eigenvalue weighted by Gasteiger charge is -2.23. The zero-order chi connectivity index (χ0) is 26.6. The summed E-state index contributed by atoms with van der Waals surface area (Å²) >= 11 is 0. The summed E-state index contributed by atoms with van der Waals surface area (Å²) in [5, 5.41) is -0.0456. The van der Waals surface area contributed by atoms with Gasteiger partial charge < -0.3 is 13.9 Å². The summed E-state index contributed by atoms with van der Waals surface area (Å²) in [5.74, 6) is -0.711. The zero-order valence-corrected chi connectivity index (χ0v) is 21.9. The van der Waals surface area contributed by atoms with Gasteiger partial charge in [-0.25, -0.2) is 17.8 Å². The fraction of sp³-hybridized carbons (Fsp3) is 0.286. The van der Waals surface area contributed by atoms with Crippen molar-refractivity contribution >= 4 is 15.7 Å². The SMILES string of the molecule is Cc1ccccc1CS(=O)(=O)c1ncc(CN(Cc2ccco2)C(=O)c2ccccc2F)n1CC(C)C. The Morgan fingerprint density at radius 3 is 2.46 bits per heavy atom. The molecule has 0 saturated carbocycles. The maximum Gasteiger partial charge on any atom is 0.257 e. The molecule has 194 valence electrons. The van der Waals surface area contributed by atoms with E-state index in [4.69, 9.17) is 4.42 Å². The van der Waals surface area contributed by atoms with Gasteiger partial charge in [0.1, 0.15) is 11.6 Å². The number of carbonyl (C=O) groups excluding carboxylic acids is 1. The van der Waals surface area contributed by atoms with E-state index in [0.717, 1.165) is 5.56 Å². The molecule has 9 heteroatoms. The molecular formula is C28H30FN3O4S. The highest BCUT2D eigenvalue weighted by atomic mass is 32.2. The molecule has 0 spiro atoms. The zero-order valence-electron chi connectivity index (χ0n) is 21.1. The molecule has 0 bridgehead atoms. The van der Waals surface area contributed by atoms with Crippen LogP contribution in [0.1, 0.15) is 46.8 Å². The van der Waals surface area contributed by atoms with E-state index in [0.29, 0.717) is 23.6 Å². The smallest absolute Gasteiger partial charge is 0.257 e. The van der Waals surface area contributed by atoms with E-state index >= 15 is 0 Å². The molecule has 0 unspecified atom stereocenters. The highest BCUT2D eigenvalue weighted by molar-refractivity contribution is 7.90. The second kappa shape index (κ2) is 11.1. The minimum Gasteiger partial charge on any atom is -0.467 e. The van der Waals surface area contributed by atoms with Gasteiger partial charge in [0, 0.05) is 6.54 Å². The Balaban J connectivity index is 1.71. The van der Waals surface area contributed by atoms with Gasteiger partial charge in [-0.05, 0) is 48.2 Å². The molecule has 0 saturated heterocycles. The van der Waals surface area contributed by atoms with Crippen molar-refractivity contribution < 1.29 is 22.0 Å². The lowest BCUT2D eigenvalue weighted by molar-refractivity contribution is 0.0708. The molecule has 4 aromatic rings. The number of carbonyl (C=O) groups is 1. The molecule has 7 nitrogen and oxygen atoms in total. The van der Waals surface area contributed by atoms with Crippen LogP contribution in [0.15, 0.2) is 82.7 Å². The van der Waals surface area contributed by atoms with Crippen LogP contribution in [-0.2, 0) is 35.2 Å². The summed E-state index contributed by atoms with van der Waals surface area (Å²) in [4.78, 5) is 19.1. The van der Waals surface area contributed by atoms with Crippen LogP contribution in [0, 0.1) is 18.7 Å². The van der Waals surface area contributed by atoms with Gasteiger partial charge in [0.15, 0.2) is 0 Å². The minimum atomic E-state index is -3.79. The molecule has 0 N–H and O–H groups in total. The van der Waals surface area contributed by atoms with Crippen molar-refractivity contribution in [2.45, 2.75) is 51.3 Å². The van der Waals surface area contributed by atoms with Crippen LogP contribution in [-0.4, -0.2) is 28.8 Å². The number of benzene rings is 2. The van der Waals surface area contributed by atoms with Crippen molar-refractivity contribution in [3.05, 3.63) is 107 Å². The van der Waals surface area contributed by atoms with Gasteiger partial charge in [-0.2, -0.15) is 0 Å². The van der Waals surface area contributed by atoms with Crippen molar-refractivity contribution in [2.75, 3.05) is 0 Å². The molecule has 2 aromatic carbocycles. The van der Waals surface area contributed by atoms with Gasteiger partial charge in [0.25, 0.3) is 5.91 Å². The first-order chi connectivity index (χ1) is 17.7. The number of rotatable bonds is 10. The molecule has 2 aromatic heterocycles. The summed E-state index contributed by atoms with van der Waals surface area (Å²) in [6.45, 7) is 6.32. The number of halogens is 1. The molecule has 0 aliphatic carbocycles. The maximum atomic E-state index is 14.5. The number of aromatic nitrogens is 2. The number of hydrogen-bond acceptors (Lipinski definition) is 5. The number of hydrogen-bond donors (Lipinski definition) is 0. The maximum absolute atomic E-state index is 14.5. The molecule has 0 radical (unpaired) electrons. The number of sulfone groups is 1. The second-order valence-corrected chi connectivity index (χ2v) is 11.3. The lowest BCUT2D eigenvalue weighted by Crippen LogP contribution is -2.32. The monoisotopic (exact) mass is 523 g/mol. The standard InChI is InChI=1S/C28H30FN3O4S/c1-20(2)16-32-23(15-30-28(32)37(34,35)19-22-10-5-4-9-21(22)3)17-31(18-24-11-8-14-36-24)27(33)25-12-6-7-13-26(25)29/h4-15,20H,16-19H2,1-3H3. The average Bonchev–Trinajstić information content (AvgIpc) is 3.50. The van der Waals surface area contributed by atoms with Crippen molar-refractivity contribution in [1.29, 1.82) is 0 Å². The predicted octanol–water partition coefficient (Wildman–Crippen LogP) is 5.40. The molecule has 0 aliphatic rings. The van der Waals surface area contributed by atoms with Gasteiger partial charge >= 0.3 is 0 Å².